The first-order valence-corrected chi connectivity index (χ1v) is 6.47. The summed E-state index contributed by atoms with van der Waals surface area (Å²) in [6.45, 7) is 6.02. The minimum absolute atomic E-state index is 0.160. The molecule has 17 heavy (non-hydrogen) atoms. The molecule has 0 atom stereocenters. The first-order valence-electron chi connectivity index (χ1n) is 6.47. The number of hydrogen-bond acceptors (Lipinski definition) is 2. The van der Waals surface area contributed by atoms with Crippen LogP contribution in [-0.2, 0) is 11.2 Å². The normalized spacial score (nSPS) is 10.3. The summed E-state index contributed by atoms with van der Waals surface area (Å²) in [4.78, 5) is 11.4. The first-order chi connectivity index (χ1) is 8.17. The Morgan fingerprint density at radius 3 is 2.65 bits per heavy atom. The molecular weight excluding hydrogens is 212 g/mol. The summed E-state index contributed by atoms with van der Waals surface area (Å²) >= 11 is 0. The van der Waals surface area contributed by atoms with Gasteiger partial charge in [-0.3, -0.25) is 4.79 Å². The number of benzene rings is 1. The van der Waals surface area contributed by atoms with E-state index in [0.717, 1.165) is 29.7 Å². The highest BCUT2D eigenvalue weighted by Gasteiger charge is 2.07. The van der Waals surface area contributed by atoms with E-state index in [4.69, 9.17) is 4.74 Å². The van der Waals surface area contributed by atoms with Gasteiger partial charge in [0.1, 0.15) is 5.75 Å². The second-order valence-electron chi connectivity index (χ2n) is 4.40. The SMILES string of the molecule is CCCCCc1ccc(C)cc1OC(=O)CC. The van der Waals surface area contributed by atoms with Gasteiger partial charge in [0, 0.05) is 6.42 Å². The molecule has 0 amide bonds. The Morgan fingerprint density at radius 1 is 1.24 bits per heavy atom. The van der Waals surface area contributed by atoms with Crippen molar-refractivity contribution in [1.82, 2.24) is 0 Å². The molecule has 94 valence electrons. The van der Waals surface area contributed by atoms with Crippen molar-refractivity contribution in [2.75, 3.05) is 0 Å². The Labute approximate surface area is 104 Å². The number of carbonyl (C=O) groups excluding carboxylic acids is 1. The number of ether oxygens (including phenoxy) is 1. The maximum absolute atomic E-state index is 11.4. The van der Waals surface area contributed by atoms with E-state index < -0.39 is 0 Å². The average molecular weight is 234 g/mol. The zero-order chi connectivity index (χ0) is 12.7. The molecule has 0 bridgehead atoms. The molecule has 0 fully saturated rings. The van der Waals surface area contributed by atoms with Crippen molar-refractivity contribution in [3.8, 4) is 5.75 Å². The summed E-state index contributed by atoms with van der Waals surface area (Å²) in [5.74, 6) is 0.584. The van der Waals surface area contributed by atoms with Crippen molar-refractivity contribution in [2.24, 2.45) is 0 Å². The van der Waals surface area contributed by atoms with Gasteiger partial charge in [0.2, 0.25) is 0 Å². The molecule has 0 aliphatic heterocycles. The van der Waals surface area contributed by atoms with Gasteiger partial charge in [-0.15, -0.1) is 0 Å². The Morgan fingerprint density at radius 2 is 2.00 bits per heavy atom. The fourth-order valence-corrected chi connectivity index (χ4v) is 1.72. The predicted octanol–water partition coefficient (Wildman–Crippen LogP) is 4.04. The Hall–Kier alpha value is -1.31. The van der Waals surface area contributed by atoms with Crippen LogP contribution in [0.1, 0.15) is 50.7 Å². The van der Waals surface area contributed by atoms with Crippen LogP contribution >= 0.6 is 0 Å². The third kappa shape index (κ3) is 4.59. The second kappa shape index (κ2) is 7.10. The Balaban J connectivity index is 2.76. The largest absolute Gasteiger partial charge is 0.426 e. The maximum Gasteiger partial charge on any atom is 0.310 e. The van der Waals surface area contributed by atoms with Gasteiger partial charge in [-0.1, -0.05) is 38.8 Å². The van der Waals surface area contributed by atoms with Crippen molar-refractivity contribution in [3.05, 3.63) is 29.3 Å². The summed E-state index contributed by atoms with van der Waals surface area (Å²) in [6, 6.07) is 6.10. The number of unbranched alkanes of at least 4 members (excludes halogenated alkanes) is 2. The second-order valence-corrected chi connectivity index (χ2v) is 4.40. The van der Waals surface area contributed by atoms with Crippen LogP contribution in [-0.4, -0.2) is 5.97 Å². The van der Waals surface area contributed by atoms with Gasteiger partial charge in [-0.25, -0.2) is 0 Å². The van der Waals surface area contributed by atoms with Gasteiger partial charge in [0.15, 0.2) is 0 Å². The average Bonchev–Trinajstić information content (AvgIpc) is 2.32. The monoisotopic (exact) mass is 234 g/mol. The minimum Gasteiger partial charge on any atom is -0.426 e. The zero-order valence-electron chi connectivity index (χ0n) is 11.1. The van der Waals surface area contributed by atoms with E-state index >= 15 is 0 Å². The lowest BCUT2D eigenvalue weighted by atomic mass is 10.0. The zero-order valence-corrected chi connectivity index (χ0v) is 11.1. The highest BCUT2D eigenvalue weighted by Crippen LogP contribution is 2.23. The summed E-state index contributed by atoms with van der Waals surface area (Å²) in [5, 5.41) is 0. The molecule has 0 radical (unpaired) electrons. The summed E-state index contributed by atoms with van der Waals surface area (Å²) < 4.78 is 5.37. The maximum atomic E-state index is 11.4. The molecule has 1 aromatic carbocycles. The molecule has 0 saturated heterocycles. The van der Waals surface area contributed by atoms with Crippen molar-refractivity contribution in [2.45, 2.75) is 52.9 Å². The van der Waals surface area contributed by atoms with Crippen molar-refractivity contribution in [1.29, 1.82) is 0 Å². The lowest BCUT2D eigenvalue weighted by molar-refractivity contribution is -0.134. The molecule has 1 rings (SSSR count). The quantitative estimate of drug-likeness (QED) is 0.422. The number of rotatable bonds is 6. The fraction of sp³-hybridized carbons (Fsp3) is 0.533. The molecule has 2 heteroatoms. The standard InChI is InChI=1S/C15H22O2/c1-4-6-7-8-13-10-9-12(3)11-14(13)17-15(16)5-2/h9-11H,4-8H2,1-3H3. The van der Waals surface area contributed by atoms with Crippen LogP contribution < -0.4 is 4.74 Å². The predicted molar refractivity (Wildman–Crippen MR) is 70.3 cm³/mol. The van der Waals surface area contributed by atoms with Gasteiger partial charge in [-0.2, -0.15) is 0 Å². The van der Waals surface area contributed by atoms with Crippen molar-refractivity contribution < 1.29 is 9.53 Å². The first kappa shape index (κ1) is 13.8. The van der Waals surface area contributed by atoms with Crippen molar-refractivity contribution >= 4 is 5.97 Å². The van der Waals surface area contributed by atoms with Crippen LogP contribution in [0.15, 0.2) is 18.2 Å². The van der Waals surface area contributed by atoms with E-state index in [9.17, 15) is 4.79 Å². The molecule has 0 aliphatic rings. The molecular formula is C15H22O2. The van der Waals surface area contributed by atoms with Crippen LogP contribution in [0.25, 0.3) is 0 Å². The molecule has 0 heterocycles. The van der Waals surface area contributed by atoms with Gasteiger partial charge in [-0.05, 0) is 37.0 Å². The van der Waals surface area contributed by atoms with Gasteiger partial charge >= 0.3 is 5.97 Å². The van der Waals surface area contributed by atoms with Gasteiger partial charge in [0.05, 0.1) is 0 Å². The van der Waals surface area contributed by atoms with Gasteiger partial charge < -0.3 is 4.74 Å². The topological polar surface area (TPSA) is 26.3 Å². The van der Waals surface area contributed by atoms with E-state index in [1.807, 2.05) is 19.9 Å². The Kier molecular flexibility index (Phi) is 5.75. The molecule has 0 N–H and O–H groups in total. The summed E-state index contributed by atoms with van der Waals surface area (Å²) in [7, 11) is 0. The molecule has 1 aromatic rings. The molecule has 0 spiro atoms. The lowest BCUT2D eigenvalue weighted by Gasteiger charge is -2.10. The smallest absolute Gasteiger partial charge is 0.310 e. The lowest BCUT2D eigenvalue weighted by Crippen LogP contribution is -2.07. The van der Waals surface area contributed by atoms with Crippen molar-refractivity contribution in [3.63, 3.8) is 0 Å². The molecule has 0 aliphatic carbocycles. The highest BCUT2D eigenvalue weighted by molar-refractivity contribution is 5.72. The number of esters is 1. The van der Waals surface area contributed by atoms with Crippen LogP contribution in [0.5, 0.6) is 5.75 Å². The molecule has 0 aromatic heterocycles. The van der Waals surface area contributed by atoms with Crippen LogP contribution in [0, 0.1) is 6.92 Å². The molecule has 0 unspecified atom stereocenters. The number of aryl methyl sites for hydroxylation is 2. The molecule has 2 nitrogen and oxygen atoms in total. The third-order valence-corrected chi connectivity index (χ3v) is 2.78. The summed E-state index contributed by atoms with van der Waals surface area (Å²) in [6.07, 6.45) is 4.98. The number of hydrogen-bond donors (Lipinski definition) is 0. The fourth-order valence-electron chi connectivity index (χ4n) is 1.72. The summed E-state index contributed by atoms with van der Waals surface area (Å²) in [5.41, 5.74) is 2.27. The third-order valence-electron chi connectivity index (χ3n) is 2.78. The van der Waals surface area contributed by atoms with E-state index in [1.165, 1.54) is 12.8 Å². The minimum atomic E-state index is -0.160. The van der Waals surface area contributed by atoms with Crippen LogP contribution in [0.2, 0.25) is 0 Å². The Bertz CT molecular complexity index is 369. The van der Waals surface area contributed by atoms with Gasteiger partial charge in [0.25, 0.3) is 0 Å². The van der Waals surface area contributed by atoms with E-state index in [0.29, 0.717) is 6.42 Å². The van der Waals surface area contributed by atoms with E-state index in [1.54, 1.807) is 0 Å². The number of carbonyl (C=O) groups is 1. The van der Waals surface area contributed by atoms with Crippen LogP contribution in [0.4, 0.5) is 0 Å². The molecule has 0 saturated carbocycles. The highest BCUT2D eigenvalue weighted by atomic mass is 16.5. The van der Waals surface area contributed by atoms with Crippen LogP contribution in [0.3, 0.4) is 0 Å². The van der Waals surface area contributed by atoms with E-state index in [-0.39, 0.29) is 5.97 Å². The van der Waals surface area contributed by atoms with E-state index in [2.05, 4.69) is 19.1 Å².